The van der Waals surface area contributed by atoms with Gasteiger partial charge in [-0.15, -0.1) is 0 Å². The number of amides is 2. The van der Waals surface area contributed by atoms with Crippen molar-refractivity contribution in [1.29, 1.82) is 0 Å². The van der Waals surface area contributed by atoms with Gasteiger partial charge in [-0.05, 0) is 11.6 Å². The topological polar surface area (TPSA) is 69.6 Å². The van der Waals surface area contributed by atoms with Gasteiger partial charge in [0.05, 0.1) is 18.3 Å². The van der Waals surface area contributed by atoms with E-state index in [-0.39, 0.29) is 11.3 Å². The number of benzene rings is 1. The van der Waals surface area contributed by atoms with Crippen LogP contribution < -0.4 is 5.32 Å². The van der Waals surface area contributed by atoms with Crippen molar-refractivity contribution in [2.75, 3.05) is 18.4 Å². The number of carboxylic acid groups (broad SMARTS) is 1. The van der Waals surface area contributed by atoms with Gasteiger partial charge in [0, 0.05) is 18.8 Å². The van der Waals surface area contributed by atoms with E-state index in [0.717, 1.165) is 6.07 Å². The Kier molecular flexibility index (Phi) is 5.38. The second-order valence-corrected chi connectivity index (χ2v) is 5.88. The van der Waals surface area contributed by atoms with Crippen molar-refractivity contribution in [2.45, 2.75) is 18.8 Å². The number of hydrogen-bond donors (Lipinski definition) is 2. The number of anilines is 1. The Bertz CT molecular complexity index is 689. The highest BCUT2D eigenvalue weighted by atomic mass is 19.4. The summed E-state index contributed by atoms with van der Waals surface area (Å²) < 4.78 is 76.5. The SMILES string of the molecule is O=C(O)[C@@H]1CN(C(=O)Nc2ccccc2CC(F)(F)F)C[C@H]1C(F)(F)F. The summed E-state index contributed by atoms with van der Waals surface area (Å²) in [6, 6.07) is 3.92. The number of likely N-dealkylation sites (tertiary alicyclic amines) is 1. The average molecular weight is 384 g/mol. The Morgan fingerprint density at radius 3 is 2.23 bits per heavy atom. The molecule has 26 heavy (non-hydrogen) atoms. The molecule has 2 N–H and O–H groups in total. The first-order valence-electron chi connectivity index (χ1n) is 7.38. The molecule has 1 saturated heterocycles. The quantitative estimate of drug-likeness (QED) is 0.784. The smallest absolute Gasteiger partial charge is 0.394 e. The number of carbonyl (C=O) groups is 2. The van der Waals surface area contributed by atoms with E-state index in [0.29, 0.717) is 4.90 Å². The zero-order valence-electron chi connectivity index (χ0n) is 13.1. The molecular formula is C15H14F6N2O3. The third-order valence-electron chi connectivity index (χ3n) is 3.99. The molecule has 1 fully saturated rings. The number of carboxylic acids is 1. The molecule has 0 radical (unpaired) electrons. The first kappa shape index (κ1) is 19.9. The summed E-state index contributed by atoms with van der Waals surface area (Å²) in [5, 5.41) is 11.1. The van der Waals surface area contributed by atoms with Gasteiger partial charge in [0.2, 0.25) is 0 Å². The zero-order valence-corrected chi connectivity index (χ0v) is 13.1. The van der Waals surface area contributed by atoms with Crippen molar-refractivity contribution in [1.82, 2.24) is 4.90 Å². The molecule has 0 bridgehead atoms. The summed E-state index contributed by atoms with van der Waals surface area (Å²) in [6.45, 7) is -1.57. The molecule has 1 aliphatic rings. The van der Waals surface area contributed by atoms with Crippen LogP contribution in [0.15, 0.2) is 24.3 Å². The number of alkyl halides is 6. The van der Waals surface area contributed by atoms with Gasteiger partial charge in [-0.25, -0.2) is 4.79 Å². The maximum atomic E-state index is 12.9. The van der Waals surface area contributed by atoms with Gasteiger partial charge >= 0.3 is 24.4 Å². The Labute approximate surface area is 143 Å². The Morgan fingerprint density at radius 1 is 1.12 bits per heavy atom. The van der Waals surface area contributed by atoms with Crippen LogP contribution in [-0.2, 0) is 11.2 Å². The van der Waals surface area contributed by atoms with Gasteiger partial charge in [-0.2, -0.15) is 26.3 Å². The van der Waals surface area contributed by atoms with E-state index in [4.69, 9.17) is 5.11 Å². The van der Waals surface area contributed by atoms with Gasteiger partial charge in [-0.3, -0.25) is 4.79 Å². The molecule has 2 amide bonds. The number of nitrogens with zero attached hydrogens (tertiary/aromatic N) is 1. The van der Waals surface area contributed by atoms with Crippen LogP contribution in [0.2, 0.25) is 0 Å². The van der Waals surface area contributed by atoms with Gasteiger partial charge in [0.25, 0.3) is 0 Å². The van der Waals surface area contributed by atoms with Crippen molar-refractivity contribution in [3.8, 4) is 0 Å². The second-order valence-electron chi connectivity index (χ2n) is 5.88. The molecule has 1 aliphatic heterocycles. The summed E-state index contributed by atoms with van der Waals surface area (Å²) in [7, 11) is 0. The van der Waals surface area contributed by atoms with Gasteiger partial charge in [0.1, 0.15) is 0 Å². The third-order valence-corrected chi connectivity index (χ3v) is 3.99. The minimum atomic E-state index is -4.81. The molecule has 2 atom stereocenters. The molecule has 11 heteroatoms. The Hall–Kier alpha value is -2.46. The number of aliphatic carboxylic acids is 1. The molecule has 0 aromatic heterocycles. The van der Waals surface area contributed by atoms with Crippen LogP contribution in [0.1, 0.15) is 5.56 Å². The predicted octanol–water partition coefficient (Wildman–Crippen LogP) is 3.52. The monoisotopic (exact) mass is 384 g/mol. The number of hydrogen-bond acceptors (Lipinski definition) is 2. The highest BCUT2D eigenvalue weighted by Gasteiger charge is 2.53. The fourth-order valence-electron chi connectivity index (χ4n) is 2.76. The average Bonchev–Trinajstić information content (AvgIpc) is 2.93. The van der Waals surface area contributed by atoms with Crippen LogP contribution >= 0.6 is 0 Å². The molecule has 5 nitrogen and oxygen atoms in total. The normalized spacial score (nSPS) is 20.9. The molecule has 1 heterocycles. The number of carbonyl (C=O) groups excluding carboxylic acids is 1. The highest BCUT2D eigenvalue weighted by Crippen LogP contribution is 2.38. The predicted molar refractivity (Wildman–Crippen MR) is 77.5 cm³/mol. The number of halogens is 6. The second kappa shape index (κ2) is 7.04. The number of para-hydroxylation sites is 1. The number of rotatable bonds is 3. The number of nitrogens with one attached hydrogen (secondary N) is 1. The maximum absolute atomic E-state index is 12.9. The van der Waals surface area contributed by atoms with Crippen molar-refractivity contribution in [3.63, 3.8) is 0 Å². The van der Waals surface area contributed by atoms with Crippen molar-refractivity contribution in [3.05, 3.63) is 29.8 Å². The van der Waals surface area contributed by atoms with Crippen LogP contribution in [0.3, 0.4) is 0 Å². The summed E-state index contributed by atoms with van der Waals surface area (Å²) in [6.07, 6.45) is -10.7. The number of urea groups is 1. The van der Waals surface area contributed by atoms with Crippen LogP contribution in [0.25, 0.3) is 0 Å². The maximum Gasteiger partial charge on any atom is 0.394 e. The van der Waals surface area contributed by atoms with Crippen molar-refractivity contribution >= 4 is 17.7 Å². The van der Waals surface area contributed by atoms with Gasteiger partial charge < -0.3 is 15.3 Å². The first-order chi connectivity index (χ1) is 11.9. The lowest BCUT2D eigenvalue weighted by Crippen LogP contribution is -2.35. The van der Waals surface area contributed by atoms with E-state index < -0.39 is 55.7 Å². The van der Waals surface area contributed by atoms with E-state index in [1.165, 1.54) is 18.2 Å². The van der Waals surface area contributed by atoms with E-state index >= 15 is 0 Å². The van der Waals surface area contributed by atoms with Crippen LogP contribution in [0.4, 0.5) is 36.8 Å². The summed E-state index contributed by atoms with van der Waals surface area (Å²) in [4.78, 5) is 23.8. The minimum Gasteiger partial charge on any atom is -0.481 e. The molecule has 144 valence electrons. The Balaban J connectivity index is 2.15. The fraction of sp³-hybridized carbons (Fsp3) is 0.467. The third kappa shape index (κ3) is 4.79. The van der Waals surface area contributed by atoms with Gasteiger partial charge in [0.15, 0.2) is 0 Å². The van der Waals surface area contributed by atoms with Crippen molar-refractivity contribution in [2.24, 2.45) is 11.8 Å². The lowest BCUT2D eigenvalue weighted by atomic mass is 9.96. The van der Waals surface area contributed by atoms with E-state index in [1.54, 1.807) is 0 Å². The summed E-state index contributed by atoms with van der Waals surface area (Å²) in [5.74, 6) is -5.76. The van der Waals surface area contributed by atoms with E-state index in [1.807, 2.05) is 0 Å². The van der Waals surface area contributed by atoms with Gasteiger partial charge in [-0.1, -0.05) is 18.2 Å². The van der Waals surface area contributed by atoms with Crippen molar-refractivity contribution < 1.29 is 41.0 Å². The van der Waals surface area contributed by atoms with E-state index in [9.17, 15) is 35.9 Å². The first-order valence-corrected chi connectivity index (χ1v) is 7.38. The summed E-state index contributed by atoms with van der Waals surface area (Å²) >= 11 is 0. The molecule has 1 aromatic carbocycles. The molecule has 0 saturated carbocycles. The van der Waals surface area contributed by atoms with Crippen LogP contribution in [0.5, 0.6) is 0 Å². The molecular weight excluding hydrogens is 370 g/mol. The minimum absolute atomic E-state index is 0.197. The van der Waals surface area contributed by atoms with E-state index in [2.05, 4.69) is 5.32 Å². The standard InChI is InChI=1S/C15H14F6N2O3/c16-14(17,18)5-8-3-1-2-4-11(8)22-13(26)23-6-9(12(24)25)10(7-23)15(19,20)21/h1-4,9-10H,5-7H2,(H,22,26)(H,24,25)/t9-,10-/m1/s1. The summed E-state index contributed by atoms with van der Waals surface area (Å²) in [5.41, 5.74) is -0.452. The molecule has 0 aliphatic carbocycles. The van der Waals surface area contributed by atoms with Crippen LogP contribution in [-0.4, -0.2) is 47.4 Å². The lowest BCUT2D eigenvalue weighted by molar-refractivity contribution is -0.187. The molecule has 0 unspecified atom stereocenters. The zero-order chi connectivity index (χ0) is 19.7. The Morgan fingerprint density at radius 2 is 1.73 bits per heavy atom. The molecule has 1 aromatic rings. The molecule has 2 rings (SSSR count). The molecule has 0 spiro atoms. The fourth-order valence-corrected chi connectivity index (χ4v) is 2.76. The lowest BCUT2D eigenvalue weighted by Gasteiger charge is -2.20. The largest absolute Gasteiger partial charge is 0.481 e. The van der Waals surface area contributed by atoms with Crippen LogP contribution in [0, 0.1) is 11.8 Å². The highest BCUT2D eigenvalue weighted by molar-refractivity contribution is 5.91.